The van der Waals surface area contributed by atoms with Gasteiger partial charge in [-0.25, -0.2) is 0 Å². The minimum Gasteiger partial charge on any atom is -0.363 e. The fourth-order valence-electron chi connectivity index (χ4n) is 1.87. The summed E-state index contributed by atoms with van der Waals surface area (Å²) in [6.45, 7) is 0.979. The van der Waals surface area contributed by atoms with Gasteiger partial charge in [-0.15, -0.1) is 0 Å². The number of nitrogens with zero attached hydrogens (tertiary/aromatic N) is 2. The van der Waals surface area contributed by atoms with Crippen molar-refractivity contribution in [1.29, 1.82) is 0 Å². The van der Waals surface area contributed by atoms with Gasteiger partial charge in [0.2, 0.25) is 0 Å². The first-order chi connectivity index (χ1) is 8.16. The third kappa shape index (κ3) is 3.07. The number of amidine groups is 1. The van der Waals surface area contributed by atoms with Crippen LogP contribution in [0.15, 0.2) is 29.3 Å². The molecule has 0 N–H and O–H groups in total. The van der Waals surface area contributed by atoms with E-state index in [2.05, 4.69) is 9.89 Å². The van der Waals surface area contributed by atoms with Gasteiger partial charge in [0.25, 0.3) is 5.91 Å². The van der Waals surface area contributed by atoms with Crippen LogP contribution < -0.4 is 0 Å². The zero-order valence-electron chi connectivity index (χ0n) is 9.82. The van der Waals surface area contributed by atoms with E-state index in [0.717, 1.165) is 25.2 Å². The van der Waals surface area contributed by atoms with Crippen molar-refractivity contribution in [3.05, 3.63) is 34.9 Å². The molecule has 1 aromatic rings. The van der Waals surface area contributed by atoms with Crippen LogP contribution in [0.25, 0.3) is 0 Å². The van der Waals surface area contributed by atoms with Gasteiger partial charge in [-0.3, -0.25) is 4.79 Å². The maximum atomic E-state index is 11.9. The maximum absolute atomic E-state index is 11.9. The summed E-state index contributed by atoms with van der Waals surface area (Å²) in [5.41, 5.74) is 0.584. The summed E-state index contributed by atoms with van der Waals surface area (Å²) in [7, 11) is 1.98. The van der Waals surface area contributed by atoms with Gasteiger partial charge in [0.15, 0.2) is 0 Å². The summed E-state index contributed by atoms with van der Waals surface area (Å²) in [5.74, 6) is 0.696. The number of halogens is 1. The minimum absolute atomic E-state index is 0.189. The van der Waals surface area contributed by atoms with E-state index < -0.39 is 0 Å². The standard InChI is InChI=1S/C13H15ClN2O/c1-16-9-3-2-4-12(16)15-13(17)10-5-7-11(14)8-6-10/h5-8H,2-4,9H2,1H3. The quantitative estimate of drug-likeness (QED) is 0.768. The summed E-state index contributed by atoms with van der Waals surface area (Å²) < 4.78 is 0. The molecule has 90 valence electrons. The average Bonchev–Trinajstić information content (AvgIpc) is 2.33. The largest absolute Gasteiger partial charge is 0.363 e. The van der Waals surface area contributed by atoms with Gasteiger partial charge in [0, 0.05) is 30.6 Å². The van der Waals surface area contributed by atoms with E-state index in [1.807, 2.05) is 7.05 Å². The molecule has 1 aromatic carbocycles. The number of hydrogen-bond acceptors (Lipinski definition) is 1. The lowest BCUT2D eigenvalue weighted by Crippen LogP contribution is -2.32. The molecule has 0 aliphatic carbocycles. The van der Waals surface area contributed by atoms with E-state index >= 15 is 0 Å². The van der Waals surface area contributed by atoms with Crippen molar-refractivity contribution >= 4 is 23.3 Å². The summed E-state index contributed by atoms with van der Waals surface area (Å²) in [6, 6.07) is 6.83. The molecule has 0 atom stereocenters. The van der Waals surface area contributed by atoms with Crippen LogP contribution in [0.4, 0.5) is 0 Å². The van der Waals surface area contributed by atoms with Crippen molar-refractivity contribution in [2.24, 2.45) is 4.99 Å². The number of rotatable bonds is 1. The van der Waals surface area contributed by atoms with Crippen LogP contribution in [0.3, 0.4) is 0 Å². The van der Waals surface area contributed by atoms with Crippen molar-refractivity contribution < 1.29 is 4.79 Å². The molecule has 1 aliphatic heterocycles. The Kier molecular flexibility index (Phi) is 3.79. The second kappa shape index (κ2) is 5.32. The highest BCUT2D eigenvalue weighted by Gasteiger charge is 2.14. The van der Waals surface area contributed by atoms with E-state index in [-0.39, 0.29) is 5.91 Å². The number of piperidine rings is 1. The van der Waals surface area contributed by atoms with E-state index in [4.69, 9.17) is 11.6 Å². The maximum Gasteiger partial charge on any atom is 0.278 e. The van der Waals surface area contributed by atoms with Gasteiger partial charge in [-0.2, -0.15) is 4.99 Å². The Hall–Kier alpha value is -1.35. The molecule has 0 radical (unpaired) electrons. The molecule has 0 saturated carbocycles. The molecule has 2 rings (SSSR count). The highest BCUT2D eigenvalue weighted by Crippen LogP contribution is 2.13. The zero-order chi connectivity index (χ0) is 12.3. The van der Waals surface area contributed by atoms with Crippen LogP contribution in [0.1, 0.15) is 29.6 Å². The van der Waals surface area contributed by atoms with Crippen LogP contribution in [0, 0.1) is 0 Å². The fourth-order valence-corrected chi connectivity index (χ4v) is 1.99. The van der Waals surface area contributed by atoms with E-state index in [1.165, 1.54) is 6.42 Å². The summed E-state index contributed by atoms with van der Waals surface area (Å²) in [5, 5.41) is 0.629. The van der Waals surface area contributed by atoms with Crippen molar-refractivity contribution in [3.8, 4) is 0 Å². The highest BCUT2D eigenvalue weighted by atomic mass is 35.5. The number of carbonyl (C=O) groups is 1. The van der Waals surface area contributed by atoms with Crippen LogP contribution in [-0.2, 0) is 0 Å². The number of hydrogen-bond donors (Lipinski definition) is 0. The highest BCUT2D eigenvalue weighted by molar-refractivity contribution is 6.30. The smallest absolute Gasteiger partial charge is 0.278 e. The van der Waals surface area contributed by atoms with Gasteiger partial charge in [-0.05, 0) is 37.1 Å². The summed E-state index contributed by atoms with van der Waals surface area (Å²) >= 11 is 5.78. The van der Waals surface area contributed by atoms with Gasteiger partial charge < -0.3 is 4.90 Å². The lowest BCUT2D eigenvalue weighted by atomic mass is 10.1. The SMILES string of the molecule is CN1CCCCC1=NC(=O)c1ccc(Cl)cc1. The number of aliphatic imine (C=N–C) groups is 1. The lowest BCUT2D eigenvalue weighted by molar-refractivity contribution is 0.100. The fraction of sp³-hybridized carbons (Fsp3) is 0.385. The first kappa shape index (κ1) is 12.1. The third-order valence-electron chi connectivity index (χ3n) is 2.91. The first-order valence-corrected chi connectivity index (χ1v) is 6.13. The molecule has 1 heterocycles. The monoisotopic (exact) mass is 250 g/mol. The van der Waals surface area contributed by atoms with Crippen molar-refractivity contribution in [1.82, 2.24) is 4.90 Å². The van der Waals surface area contributed by atoms with Crippen molar-refractivity contribution in [2.75, 3.05) is 13.6 Å². The Morgan fingerprint density at radius 1 is 1.29 bits per heavy atom. The van der Waals surface area contributed by atoms with Crippen LogP contribution in [-0.4, -0.2) is 30.2 Å². The number of carbonyl (C=O) groups excluding carboxylic acids is 1. The molecule has 1 saturated heterocycles. The van der Waals surface area contributed by atoms with Gasteiger partial charge >= 0.3 is 0 Å². The van der Waals surface area contributed by atoms with Crippen molar-refractivity contribution in [3.63, 3.8) is 0 Å². The first-order valence-electron chi connectivity index (χ1n) is 5.75. The Labute approximate surface area is 106 Å². The van der Waals surface area contributed by atoms with Gasteiger partial charge in [0.05, 0.1) is 0 Å². The number of likely N-dealkylation sites (tertiary alicyclic amines) is 1. The molecule has 1 amide bonds. The predicted molar refractivity (Wildman–Crippen MR) is 69.7 cm³/mol. The van der Waals surface area contributed by atoms with E-state index in [0.29, 0.717) is 10.6 Å². The molecule has 0 bridgehead atoms. The van der Waals surface area contributed by atoms with Crippen LogP contribution in [0.5, 0.6) is 0 Å². The molecule has 1 fully saturated rings. The van der Waals surface area contributed by atoms with Gasteiger partial charge in [-0.1, -0.05) is 11.6 Å². The zero-order valence-corrected chi connectivity index (χ0v) is 10.6. The minimum atomic E-state index is -0.189. The topological polar surface area (TPSA) is 32.7 Å². The molecule has 4 heteroatoms. The normalized spacial score (nSPS) is 18.5. The van der Waals surface area contributed by atoms with E-state index in [9.17, 15) is 4.79 Å². The molecule has 1 aliphatic rings. The molecule has 17 heavy (non-hydrogen) atoms. The second-order valence-corrected chi connectivity index (χ2v) is 4.66. The lowest BCUT2D eigenvalue weighted by Gasteiger charge is -2.25. The molecule has 0 aromatic heterocycles. The molecule has 3 nitrogen and oxygen atoms in total. The van der Waals surface area contributed by atoms with Gasteiger partial charge in [0.1, 0.15) is 5.84 Å². The average molecular weight is 251 g/mol. The third-order valence-corrected chi connectivity index (χ3v) is 3.16. The Morgan fingerprint density at radius 3 is 2.65 bits per heavy atom. The van der Waals surface area contributed by atoms with Crippen LogP contribution >= 0.6 is 11.6 Å². The van der Waals surface area contributed by atoms with E-state index in [1.54, 1.807) is 24.3 Å². The molecule has 0 spiro atoms. The van der Waals surface area contributed by atoms with Crippen molar-refractivity contribution in [2.45, 2.75) is 19.3 Å². The Bertz CT molecular complexity index is 439. The second-order valence-electron chi connectivity index (χ2n) is 4.22. The number of benzene rings is 1. The van der Waals surface area contributed by atoms with Crippen LogP contribution in [0.2, 0.25) is 5.02 Å². The number of amides is 1. The Balaban J connectivity index is 2.15. The molecular weight excluding hydrogens is 236 g/mol. The molecular formula is C13H15ClN2O. The molecule has 0 unspecified atom stereocenters. The predicted octanol–water partition coefficient (Wildman–Crippen LogP) is 2.99. The summed E-state index contributed by atoms with van der Waals surface area (Å²) in [6.07, 6.45) is 3.16. The Morgan fingerprint density at radius 2 is 2.00 bits per heavy atom. The summed E-state index contributed by atoms with van der Waals surface area (Å²) in [4.78, 5) is 18.1.